The van der Waals surface area contributed by atoms with E-state index >= 15 is 0 Å². The molecule has 0 amide bonds. The van der Waals surface area contributed by atoms with Crippen molar-refractivity contribution >= 4 is 29.9 Å². The molecule has 130 valence electrons. The fraction of sp³-hybridized carbons (Fsp3) is 0.938. The quantitative estimate of drug-likeness (QED) is 0.403. The summed E-state index contributed by atoms with van der Waals surface area (Å²) in [5.41, 5.74) is -0.0621. The minimum absolute atomic E-state index is 0. The van der Waals surface area contributed by atoms with Crippen molar-refractivity contribution in [2.24, 2.45) is 10.9 Å². The fourth-order valence-electron chi connectivity index (χ4n) is 3.23. The first-order valence-electron chi connectivity index (χ1n) is 8.46. The number of ether oxygens (including phenoxy) is 1. The summed E-state index contributed by atoms with van der Waals surface area (Å²) in [4.78, 5) is 7.15. The van der Waals surface area contributed by atoms with Gasteiger partial charge in [0.15, 0.2) is 5.96 Å². The van der Waals surface area contributed by atoms with Crippen molar-refractivity contribution in [1.29, 1.82) is 0 Å². The van der Waals surface area contributed by atoms with Crippen molar-refractivity contribution in [1.82, 2.24) is 15.5 Å². The zero-order valence-electron chi connectivity index (χ0n) is 14.4. The molecule has 0 aromatic carbocycles. The van der Waals surface area contributed by atoms with Crippen molar-refractivity contribution in [3.8, 4) is 0 Å². The number of hydrogen-bond acceptors (Lipinski definition) is 3. The van der Waals surface area contributed by atoms with Gasteiger partial charge in [-0.2, -0.15) is 0 Å². The molecule has 2 heterocycles. The third-order valence-corrected chi connectivity index (χ3v) is 4.50. The van der Waals surface area contributed by atoms with E-state index in [1.807, 2.05) is 0 Å². The highest BCUT2D eigenvalue weighted by molar-refractivity contribution is 14.0. The lowest BCUT2D eigenvalue weighted by Gasteiger charge is -2.30. The number of aliphatic imine (C=N–C) groups is 1. The third kappa shape index (κ3) is 6.58. The summed E-state index contributed by atoms with van der Waals surface area (Å²) in [5.74, 6) is 1.66. The van der Waals surface area contributed by atoms with Crippen molar-refractivity contribution in [3.05, 3.63) is 0 Å². The molecule has 22 heavy (non-hydrogen) atoms. The molecule has 2 aliphatic rings. The third-order valence-electron chi connectivity index (χ3n) is 4.50. The topological polar surface area (TPSA) is 48.9 Å². The monoisotopic (exact) mass is 424 g/mol. The molecule has 2 N–H and O–H groups in total. The summed E-state index contributed by atoms with van der Waals surface area (Å²) in [6.07, 6.45) is 4.90. The second-order valence-electron chi connectivity index (χ2n) is 6.75. The average Bonchev–Trinajstić information content (AvgIpc) is 2.89. The largest absolute Gasteiger partial charge is 0.373 e. The lowest BCUT2D eigenvalue weighted by molar-refractivity contribution is 0.0283. The molecule has 2 saturated heterocycles. The van der Waals surface area contributed by atoms with Gasteiger partial charge in [0.1, 0.15) is 0 Å². The Bertz CT molecular complexity index is 345. The van der Waals surface area contributed by atoms with E-state index < -0.39 is 0 Å². The zero-order chi connectivity index (χ0) is 15.1. The Morgan fingerprint density at radius 2 is 2.18 bits per heavy atom. The Kier molecular flexibility index (Phi) is 9.01. The van der Waals surface area contributed by atoms with Crippen LogP contribution >= 0.6 is 24.0 Å². The van der Waals surface area contributed by atoms with Gasteiger partial charge in [0.05, 0.1) is 12.1 Å². The molecule has 0 aliphatic carbocycles. The van der Waals surface area contributed by atoms with E-state index in [9.17, 15) is 0 Å². The van der Waals surface area contributed by atoms with Gasteiger partial charge in [-0.25, -0.2) is 0 Å². The summed E-state index contributed by atoms with van der Waals surface area (Å²) >= 11 is 0. The van der Waals surface area contributed by atoms with Gasteiger partial charge in [-0.1, -0.05) is 0 Å². The molecule has 2 fully saturated rings. The van der Waals surface area contributed by atoms with Crippen LogP contribution in [0.25, 0.3) is 0 Å². The minimum atomic E-state index is -0.0621. The van der Waals surface area contributed by atoms with Crippen LogP contribution in [0.1, 0.15) is 39.5 Å². The summed E-state index contributed by atoms with van der Waals surface area (Å²) in [5, 5.41) is 6.85. The number of nitrogens with one attached hydrogen (secondary N) is 2. The Morgan fingerprint density at radius 1 is 1.36 bits per heavy atom. The molecular weight excluding hydrogens is 391 g/mol. The number of likely N-dealkylation sites (tertiary alicyclic amines) is 1. The summed E-state index contributed by atoms with van der Waals surface area (Å²) in [7, 11) is 2.21. The maximum Gasteiger partial charge on any atom is 0.191 e. The highest BCUT2D eigenvalue weighted by Gasteiger charge is 2.29. The van der Waals surface area contributed by atoms with Crippen LogP contribution in [0.2, 0.25) is 0 Å². The first-order valence-corrected chi connectivity index (χ1v) is 8.46. The number of piperidine rings is 1. The Balaban J connectivity index is 0.00000242. The van der Waals surface area contributed by atoms with E-state index in [4.69, 9.17) is 9.73 Å². The predicted octanol–water partition coefficient (Wildman–Crippen LogP) is 2.07. The van der Waals surface area contributed by atoms with Gasteiger partial charge >= 0.3 is 0 Å². The fourth-order valence-corrected chi connectivity index (χ4v) is 3.23. The smallest absolute Gasteiger partial charge is 0.191 e. The molecule has 0 aromatic rings. The van der Waals surface area contributed by atoms with Crippen LogP contribution in [0.4, 0.5) is 0 Å². The van der Waals surface area contributed by atoms with Crippen LogP contribution in [-0.4, -0.2) is 62.8 Å². The van der Waals surface area contributed by atoms with Crippen LogP contribution in [-0.2, 0) is 4.74 Å². The van der Waals surface area contributed by atoms with Gasteiger partial charge in [0.2, 0.25) is 0 Å². The minimum Gasteiger partial charge on any atom is -0.373 e. The lowest BCUT2D eigenvalue weighted by atomic mass is 9.98. The van der Waals surface area contributed by atoms with Crippen LogP contribution < -0.4 is 10.6 Å². The average molecular weight is 424 g/mol. The molecule has 2 unspecified atom stereocenters. The molecule has 0 bridgehead atoms. The maximum absolute atomic E-state index is 5.81. The SMILES string of the molecule is CCNC(=NCC1(C)CCCO1)NCC1CCCN(C)C1.I. The molecule has 0 spiro atoms. The normalized spacial score (nSPS) is 30.0. The van der Waals surface area contributed by atoms with Crippen molar-refractivity contribution in [2.75, 3.05) is 46.4 Å². The first kappa shape index (κ1) is 20.0. The van der Waals surface area contributed by atoms with E-state index in [0.29, 0.717) is 0 Å². The van der Waals surface area contributed by atoms with E-state index in [-0.39, 0.29) is 29.6 Å². The van der Waals surface area contributed by atoms with Gasteiger partial charge in [-0.3, -0.25) is 4.99 Å². The highest BCUT2D eigenvalue weighted by Crippen LogP contribution is 2.25. The number of hydrogen-bond donors (Lipinski definition) is 2. The molecule has 2 aliphatic heterocycles. The molecule has 0 saturated carbocycles. The molecule has 0 radical (unpaired) electrons. The van der Waals surface area contributed by atoms with Gasteiger partial charge in [-0.15, -0.1) is 24.0 Å². The van der Waals surface area contributed by atoms with Crippen molar-refractivity contribution in [3.63, 3.8) is 0 Å². The van der Waals surface area contributed by atoms with Crippen LogP contribution in [0.5, 0.6) is 0 Å². The number of halogens is 1. The van der Waals surface area contributed by atoms with Gasteiger partial charge in [0, 0.05) is 26.2 Å². The maximum atomic E-state index is 5.81. The van der Waals surface area contributed by atoms with Crippen molar-refractivity contribution < 1.29 is 4.74 Å². The second kappa shape index (κ2) is 9.93. The first-order chi connectivity index (χ1) is 10.1. The zero-order valence-corrected chi connectivity index (χ0v) is 16.7. The van der Waals surface area contributed by atoms with Crippen LogP contribution in [0, 0.1) is 5.92 Å². The van der Waals surface area contributed by atoms with E-state index in [0.717, 1.165) is 51.0 Å². The molecule has 6 heteroatoms. The van der Waals surface area contributed by atoms with E-state index in [1.165, 1.54) is 25.9 Å². The van der Waals surface area contributed by atoms with Gasteiger partial charge in [0.25, 0.3) is 0 Å². The molecule has 2 rings (SSSR count). The number of guanidine groups is 1. The van der Waals surface area contributed by atoms with Crippen molar-refractivity contribution in [2.45, 2.75) is 45.1 Å². The molecule has 0 aromatic heterocycles. The summed E-state index contributed by atoms with van der Waals surface area (Å²) in [6.45, 7) is 10.2. The number of nitrogens with zero attached hydrogens (tertiary/aromatic N) is 2. The van der Waals surface area contributed by atoms with E-state index in [1.54, 1.807) is 0 Å². The Labute approximate surface area is 152 Å². The number of rotatable bonds is 5. The molecule has 2 atom stereocenters. The van der Waals surface area contributed by atoms with Crippen LogP contribution in [0.3, 0.4) is 0 Å². The predicted molar refractivity (Wildman–Crippen MR) is 103 cm³/mol. The highest BCUT2D eigenvalue weighted by atomic mass is 127. The standard InChI is InChI=1S/C16H32N4O.HI/c1-4-17-15(19-13-16(2)8-6-10-21-16)18-11-14-7-5-9-20(3)12-14;/h14H,4-13H2,1-3H3,(H2,17,18,19);1H. The molecular formula is C16H33IN4O. The summed E-state index contributed by atoms with van der Waals surface area (Å²) < 4.78 is 5.81. The second-order valence-corrected chi connectivity index (χ2v) is 6.75. The van der Waals surface area contributed by atoms with Gasteiger partial charge < -0.3 is 20.3 Å². The molecule has 5 nitrogen and oxygen atoms in total. The van der Waals surface area contributed by atoms with E-state index in [2.05, 4.69) is 36.4 Å². The Hall–Kier alpha value is -0.0800. The Morgan fingerprint density at radius 3 is 2.82 bits per heavy atom. The summed E-state index contributed by atoms with van der Waals surface area (Å²) in [6, 6.07) is 0. The van der Waals surface area contributed by atoms with Crippen LogP contribution in [0.15, 0.2) is 4.99 Å². The van der Waals surface area contributed by atoms with Gasteiger partial charge in [-0.05, 0) is 59.0 Å². The lowest BCUT2D eigenvalue weighted by Crippen LogP contribution is -2.44.